The van der Waals surface area contributed by atoms with Gasteiger partial charge in [0.1, 0.15) is 11.6 Å². The molecule has 0 bridgehead atoms. The van der Waals surface area contributed by atoms with Crippen LogP contribution in [0.15, 0.2) is 40.9 Å². The highest BCUT2D eigenvalue weighted by Gasteiger charge is 2.18. The van der Waals surface area contributed by atoms with Crippen LogP contribution >= 0.6 is 15.9 Å². The van der Waals surface area contributed by atoms with Crippen molar-refractivity contribution in [2.75, 3.05) is 6.54 Å². The molecule has 20 heavy (non-hydrogen) atoms. The van der Waals surface area contributed by atoms with E-state index >= 15 is 0 Å². The summed E-state index contributed by atoms with van der Waals surface area (Å²) in [5.41, 5.74) is 1.95. The zero-order chi connectivity index (χ0) is 14.7. The SMILES string of the molecule is CCNC(c1ccc(F)c(C)c1)c1cc(Br)ccc1F. The number of benzene rings is 2. The van der Waals surface area contributed by atoms with Gasteiger partial charge in [-0.1, -0.05) is 35.0 Å². The standard InChI is InChI=1S/C16H16BrF2N/c1-3-20-16(11-4-6-14(18)10(2)8-11)13-9-12(17)5-7-15(13)19/h4-9,16,20H,3H2,1-2H3. The van der Waals surface area contributed by atoms with E-state index in [-0.39, 0.29) is 17.7 Å². The van der Waals surface area contributed by atoms with Crippen LogP contribution in [0.4, 0.5) is 8.78 Å². The van der Waals surface area contributed by atoms with Crippen LogP contribution in [0.25, 0.3) is 0 Å². The average Bonchev–Trinajstić information content (AvgIpc) is 2.42. The van der Waals surface area contributed by atoms with E-state index in [9.17, 15) is 8.78 Å². The maximum Gasteiger partial charge on any atom is 0.128 e. The lowest BCUT2D eigenvalue weighted by molar-refractivity contribution is 0.556. The molecule has 0 aliphatic heterocycles. The lowest BCUT2D eigenvalue weighted by Gasteiger charge is -2.20. The molecule has 1 atom stereocenters. The second-order valence-electron chi connectivity index (χ2n) is 4.67. The molecule has 1 N–H and O–H groups in total. The van der Waals surface area contributed by atoms with Gasteiger partial charge in [0.2, 0.25) is 0 Å². The van der Waals surface area contributed by atoms with Crippen molar-refractivity contribution in [3.63, 3.8) is 0 Å². The molecule has 2 aromatic carbocycles. The number of halogens is 3. The van der Waals surface area contributed by atoms with E-state index in [1.807, 2.05) is 6.92 Å². The Morgan fingerprint density at radius 2 is 1.80 bits per heavy atom. The van der Waals surface area contributed by atoms with Gasteiger partial charge in [-0.05, 0) is 48.9 Å². The Morgan fingerprint density at radius 3 is 2.45 bits per heavy atom. The van der Waals surface area contributed by atoms with Gasteiger partial charge in [0.05, 0.1) is 6.04 Å². The van der Waals surface area contributed by atoms with Crippen molar-refractivity contribution >= 4 is 15.9 Å². The van der Waals surface area contributed by atoms with Crippen molar-refractivity contribution in [1.29, 1.82) is 0 Å². The zero-order valence-electron chi connectivity index (χ0n) is 11.4. The second-order valence-corrected chi connectivity index (χ2v) is 5.58. The molecule has 0 amide bonds. The summed E-state index contributed by atoms with van der Waals surface area (Å²) in [7, 11) is 0. The zero-order valence-corrected chi connectivity index (χ0v) is 13.0. The molecule has 0 saturated carbocycles. The van der Waals surface area contributed by atoms with Gasteiger partial charge < -0.3 is 5.32 Å². The lowest BCUT2D eigenvalue weighted by Crippen LogP contribution is -2.23. The Labute approximate surface area is 126 Å². The van der Waals surface area contributed by atoms with Crippen molar-refractivity contribution in [3.8, 4) is 0 Å². The first-order chi connectivity index (χ1) is 9.52. The Morgan fingerprint density at radius 1 is 1.10 bits per heavy atom. The van der Waals surface area contributed by atoms with E-state index in [1.54, 1.807) is 31.2 Å². The maximum atomic E-state index is 14.1. The maximum absolute atomic E-state index is 14.1. The first kappa shape index (κ1) is 15.1. The molecule has 0 saturated heterocycles. The Bertz CT molecular complexity index is 613. The first-order valence-electron chi connectivity index (χ1n) is 6.47. The van der Waals surface area contributed by atoms with Gasteiger partial charge in [-0.25, -0.2) is 8.78 Å². The molecule has 2 aromatic rings. The van der Waals surface area contributed by atoms with E-state index in [1.165, 1.54) is 12.1 Å². The van der Waals surface area contributed by atoms with E-state index in [0.29, 0.717) is 17.7 Å². The number of rotatable bonds is 4. The Balaban J connectivity index is 2.49. The molecule has 4 heteroatoms. The van der Waals surface area contributed by atoms with Gasteiger partial charge in [-0.3, -0.25) is 0 Å². The highest BCUT2D eigenvalue weighted by molar-refractivity contribution is 9.10. The van der Waals surface area contributed by atoms with Gasteiger partial charge in [0.25, 0.3) is 0 Å². The van der Waals surface area contributed by atoms with E-state index in [0.717, 1.165) is 10.0 Å². The van der Waals surface area contributed by atoms with Crippen LogP contribution < -0.4 is 5.32 Å². The normalized spacial score (nSPS) is 12.4. The molecule has 1 unspecified atom stereocenters. The van der Waals surface area contributed by atoms with E-state index in [4.69, 9.17) is 0 Å². The number of aryl methyl sites for hydroxylation is 1. The molecule has 0 fully saturated rings. The van der Waals surface area contributed by atoms with Crippen LogP contribution in [0, 0.1) is 18.6 Å². The van der Waals surface area contributed by atoms with Gasteiger partial charge in [0, 0.05) is 10.0 Å². The first-order valence-corrected chi connectivity index (χ1v) is 7.26. The second kappa shape index (κ2) is 6.46. The van der Waals surface area contributed by atoms with Crippen molar-refractivity contribution < 1.29 is 8.78 Å². The summed E-state index contributed by atoms with van der Waals surface area (Å²) in [5.74, 6) is -0.528. The smallest absolute Gasteiger partial charge is 0.128 e. The third-order valence-corrected chi connectivity index (χ3v) is 3.69. The summed E-state index contributed by atoms with van der Waals surface area (Å²) in [4.78, 5) is 0. The average molecular weight is 340 g/mol. The summed E-state index contributed by atoms with van der Waals surface area (Å²) in [5, 5.41) is 3.25. The van der Waals surface area contributed by atoms with Gasteiger partial charge in [0.15, 0.2) is 0 Å². The van der Waals surface area contributed by atoms with E-state index < -0.39 is 0 Å². The summed E-state index contributed by atoms with van der Waals surface area (Å²) in [6, 6.07) is 9.42. The minimum atomic E-state index is -0.295. The molecule has 1 nitrogen and oxygen atoms in total. The van der Waals surface area contributed by atoms with E-state index in [2.05, 4.69) is 21.2 Å². The third-order valence-electron chi connectivity index (χ3n) is 3.19. The molecule has 0 aromatic heterocycles. The third kappa shape index (κ3) is 3.25. The van der Waals surface area contributed by atoms with Crippen molar-refractivity contribution in [2.45, 2.75) is 19.9 Å². The van der Waals surface area contributed by atoms with Crippen molar-refractivity contribution in [2.24, 2.45) is 0 Å². The summed E-state index contributed by atoms with van der Waals surface area (Å²) in [6.07, 6.45) is 0. The molecule has 0 spiro atoms. The lowest BCUT2D eigenvalue weighted by atomic mass is 9.96. The summed E-state index contributed by atoms with van der Waals surface area (Å²) in [6.45, 7) is 4.35. The predicted molar refractivity (Wildman–Crippen MR) is 80.8 cm³/mol. The Hall–Kier alpha value is -1.26. The van der Waals surface area contributed by atoms with Gasteiger partial charge in [-0.2, -0.15) is 0 Å². The molecule has 0 aliphatic rings. The fourth-order valence-electron chi connectivity index (χ4n) is 2.19. The number of hydrogen-bond donors (Lipinski definition) is 1. The van der Waals surface area contributed by atoms with Crippen LogP contribution in [0.2, 0.25) is 0 Å². The molecular weight excluding hydrogens is 324 g/mol. The molecule has 0 aliphatic carbocycles. The fraction of sp³-hybridized carbons (Fsp3) is 0.250. The minimum absolute atomic E-state index is 0.251. The largest absolute Gasteiger partial charge is 0.306 e. The van der Waals surface area contributed by atoms with Crippen LogP contribution in [0.3, 0.4) is 0 Å². The van der Waals surface area contributed by atoms with Crippen molar-refractivity contribution in [3.05, 3.63) is 69.2 Å². The Kier molecular flexibility index (Phi) is 4.89. The number of nitrogens with one attached hydrogen (secondary N) is 1. The molecular formula is C16H16BrF2N. The van der Waals surface area contributed by atoms with Crippen LogP contribution in [0.5, 0.6) is 0 Å². The van der Waals surface area contributed by atoms with Crippen LogP contribution in [-0.4, -0.2) is 6.54 Å². The highest BCUT2D eigenvalue weighted by atomic mass is 79.9. The number of hydrogen-bond acceptors (Lipinski definition) is 1. The predicted octanol–water partition coefficient (Wildman–Crippen LogP) is 4.73. The monoisotopic (exact) mass is 339 g/mol. The topological polar surface area (TPSA) is 12.0 Å². The summed E-state index contributed by atoms with van der Waals surface area (Å²) >= 11 is 3.36. The molecule has 2 rings (SSSR count). The molecule has 106 valence electrons. The van der Waals surface area contributed by atoms with Crippen molar-refractivity contribution in [1.82, 2.24) is 5.32 Å². The fourth-order valence-corrected chi connectivity index (χ4v) is 2.57. The van der Waals surface area contributed by atoms with Gasteiger partial charge >= 0.3 is 0 Å². The highest BCUT2D eigenvalue weighted by Crippen LogP contribution is 2.28. The molecule has 0 radical (unpaired) electrons. The molecule has 0 heterocycles. The van der Waals surface area contributed by atoms with Gasteiger partial charge in [-0.15, -0.1) is 0 Å². The summed E-state index contributed by atoms with van der Waals surface area (Å²) < 4.78 is 28.3. The van der Waals surface area contributed by atoms with Crippen LogP contribution in [-0.2, 0) is 0 Å². The van der Waals surface area contributed by atoms with Crippen LogP contribution in [0.1, 0.15) is 29.7 Å². The minimum Gasteiger partial charge on any atom is -0.306 e. The quantitative estimate of drug-likeness (QED) is 0.848.